The van der Waals surface area contributed by atoms with Crippen molar-refractivity contribution in [3.05, 3.63) is 27.4 Å². The van der Waals surface area contributed by atoms with E-state index in [0.29, 0.717) is 11.6 Å². The van der Waals surface area contributed by atoms with Gasteiger partial charge in [-0.1, -0.05) is 24.3 Å². The molecule has 2 heterocycles. The number of carbonyl (C=O) groups is 1. The summed E-state index contributed by atoms with van der Waals surface area (Å²) < 4.78 is 0. The summed E-state index contributed by atoms with van der Waals surface area (Å²) in [7, 11) is 0. The topological polar surface area (TPSA) is 87.1 Å². The first-order chi connectivity index (χ1) is 10.2. The normalized spacial score (nSPS) is 12.1. The Labute approximate surface area is 131 Å². The van der Waals surface area contributed by atoms with Gasteiger partial charge in [-0.15, -0.1) is 21.5 Å². The molecule has 21 heavy (non-hydrogen) atoms. The Balaban J connectivity index is 1.92. The van der Waals surface area contributed by atoms with Crippen LogP contribution in [0.15, 0.2) is 17.5 Å². The fraction of sp³-hybridized carbons (Fsp3) is 0.462. The number of carbonyl (C=O) groups excluding carboxylic acids is 1. The highest BCUT2D eigenvalue weighted by Gasteiger charge is 2.16. The maximum atomic E-state index is 12.0. The molecule has 3 N–H and O–H groups in total. The van der Waals surface area contributed by atoms with Crippen molar-refractivity contribution in [3.63, 3.8) is 0 Å². The number of nitrogens with one attached hydrogen (secondary N) is 2. The molecule has 0 aliphatic carbocycles. The molecule has 0 aromatic carbocycles. The second-order valence-electron chi connectivity index (χ2n) is 4.43. The number of aliphatic hydroxyl groups excluding tert-OH is 1. The number of thiophene rings is 1. The van der Waals surface area contributed by atoms with E-state index in [0.717, 1.165) is 22.7 Å². The molecule has 0 saturated carbocycles. The summed E-state index contributed by atoms with van der Waals surface area (Å²) in [5.74, 6) is 0. The van der Waals surface area contributed by atoms with E-state index in [1.807, 2.05) is 17.5 Å². The number of anilines is 1. The lowest BCUT2D eigenvalue weighted by atomic mass is 10.2. The van der Waals surface area contributed by atoms with Crippen molar-refractivity contribution in [1.29, 1.82) is 0 Å². The molecule has 114 valence electrons. The van der Waals surface area contributed by atoms with Crippen molar-refractivity contribution >= 4 is 33.8 Å². The fourth-order valence-electron chi connectivity index (χ4n) is 1.81. The smallest absolute Gasteiger partial charge is 0.321 e. The quantitative estimate of drug-likeness (QED) is 0.730. The summed E-state index contributed by atoms with van der Waals surface area (Å²) in [6.07, 6.45) is 2.34. The summed E-state index contributed by atoms with van der Waals surface area (Å²) >= 11 is 2.93. The lowest BCUT2D eigenvalue weighted by Gasteiger charge is -2.16. The number of nitrogens with zero attached hydrogens (tertiary/aromatic N) is 2. The van der Waals surface area contributed by atoms with Gasteiger partial charge in [-0.05, 0) is 24.3 Å². The molecule has 2 aromatic rings. The number of hydrogen-bond acceptors (Lipinski definition) is 6. The van der Waals surface area contributed by atoms with Gasteiger partial charge in [-0.2, -0.15) is 0 Å². The number of aromatic nitrogens is 2. The number of rotatable bonds is 7. The molecular weight excluding hydrogens is 308 g/mol. The summed E-state index contributed by atoms with van der Waals surface area (Å²) in [6, 6.07) is 3.33. The minimum absolute atomic E-state index is 0.0162. The Morgan fingerprint density at radius 2 is 2.33 bits per heavy atom. The number of urea groups is 1. The highest BCUT2D eigenvalue weighted by Crippen LogP contribution is 2.22. The van der Waals surface area contributed by atoms with Crippen molar-refractivity contribution in [1.82, 2.24) is 15.5 Å². The van der Waals surface area contributed by atoms with E-state index in [1.165, 1.54) is 11.3 Å². The molecule has 2 aromatic heterocycles. The van der Waals surface area contributed by atoms with Crippen LogP contribution in [0.2, 0.25) is 0 Å². The molecule has 0 fully saturated rings. The van der Waals surface area contributed by atoms with Crippen LogP contribution in [0, 0.1) is 0 Å². The summed E-state index contributed by atoms with van der Waals surface area (Å²) in [6.45, 7) is 2.09. The van der Waals surface area contributed by atoms with Gasteiger partial charge in [0, 0.05) is 17.9 Å². The largest absolute Gasteiger partial charge is 0.396 e. The van der Waals surface area contributed by atoms with Gasteiger partial charge in [0.15, 0.2) is 0 Å². The van der Waals surface area contributed by atoms with Crippen molar-refractivity contribution in [2.75, 3.05) is 11.9 Å². The van der Waals surface area contributed by atoms with E-state index >= 15 is 0 Å². The molecule has 2 amide bonds. The van der Waals surface area contributed by atoms with Gasteiger partial charge in [-0.25, -0.2) is 4.79 Å². The van der Waals surface area contributed by atoms with Gasteiger partial charge in [-0.3, -0.25) is 5.32 Å². The predicted octanol–water partition coefficient (Wildman–Crippen LogP) is 2.80. The van der Waals surface area contributed by atoms with Crippen LogP contribution in [0.25, 0.3) is 0 Å². The zero-order valence-corrected chi connectivity index (χ0v) is 13.3. The van der Waals surface area contributed by atoms with Gasteiger partial charge < -0.3 is 10.4 Å². The molecular formula is C13H18N4O2S2. The van der Waals surface area contributed by atoms with Crippen LogP contribution < -0.4 is 10.6 Å². The Morgan fingerprint density at radius 1 is 1.48 bits per heavy atom. The zero-order valence-electron chi connectivity index (χ0n) is 11.7. The highest BCUT2D eigenvalue weighted by atomic mass is 32.1. The van der Waals surface area contributed by atoms with E-state index < -0.39 is 0 Å². The molecule has 0 bridgehead atoms. The molecule has 6 nitrogen and oxygen atoms in total. The standard InChI is InChI=1S/C13H18N4O2S2/c1-2-4-11-16-17-13(21-11)15-12(19)14-9(6-7-18)10-5-3-8-20-10/h3,5,8-9,18H,2,4,6-7H2,1H3,(H2,14,15,17,19)/t9-/m1/s1. The van der Waals surface area contributed by atoms with Crippen molar-refractivity contribution in [2.24, 2.45) is 0 Å². The van der Waals surface area contributed by atoms with Crippen molar-refractivity contribution < 1.29 is 9.90 Å². The molecule has 0 unspecified atom stereocenters. The molecule has 0 aliphatic rings. The summed E-state index contributed by atoms with van der Waals surface area (Å²) in [4.78, 5) is 13.0. The van der Waals surface area contributed by atoms with E-state index in [4.69, 9.17) is 5.11 Å². The molecule has 0 spiro atoms. The van der Waals surface area contributed by atoms with Crippen molar-refractivity contribution in [2.45, 2.75) is 32.2 Å². The van der Waals surface area contributed by atoms with Crippen LogP contribution in [-0.2, 0) is 6.42 Å². The van der Waals surface area contributed by atoms with Crippen LogP contribution in [0.1, 0.15) is 35.7 Å². The molecule has 0 aliphatic heterocycles. The van der Waals surface area contributed by atoms with Gasteiger partial charge in [0.1, 0.15) is 5.01 Å². The molecule has 2 rings (SSSR count). The first-order valence-electron chi connectivity index (χ1n) is 6.77. The number of hydrogen-bond donors (Lipinski definition) is 3. The number of amides is 2. The Bertz CT molecular complexity index is 556. The van der Waals surface area contributed by atoms with E-state index in [2.05, 4.69) is 27.8 Å². The monoisotopic (exact) mass is 326 g/mol. The lowest BCUT2D eigenvalue weighted by Crippen LogP contribution is -2.32. The lowest BCUT2D eigenvalue weighted by molar-refractivity contribution is 0.239. The third kappa shape index (κ3) is 4.76. The SMILES string of the molecule is CCCc1nnc(NC(=O)N[C@H](CCO)c2cccs2)s1. The number of aryl methyl sites for hydroxylation is 1. The zero-order chi connectivity index (χ0) is 15.1. The molecule has 8 heteroatoms. The van der Waals surface area contributed by atoms with Gasteiger partial charge in [0.25, 0.3) is 0 Å². The van der Waals surface area contributed by atoms with Gasteiger partial charge >= 0.3 is 6.03 Å². The summed E-state index contributed by atoms with van der Waals surface area (Å²) in [5.41, 5.74) is 0. The molecule has 0 saturated heterocycles. The second kappa shape index (κ2) is 8.06. The van der Waals surface area contributed by atoms with Crippen LogP contribution >= 0.6 is 22.7 Å². The van der Waals surface area contributed by atoms with Crippen LogP contribution in [0.4, 0.5) is 9.93 Å². The predicted molar refractivity (Wildman–Crippen MR) is 84.8 cm³/mol. The maximum absolute atomic E-state index is 12.0. The Morgan fingerprint density at radius 3 is 3.00 bits per heavy atom. The highest BCUT2D eigenvalue weighted by molar-refractivity contribution is 7.15. The van der Waals surface area contributed by atoms with Gasteiger partial charge in [0.2, 0.25) is 5.13 Å². The second-order valence-corrected chi connectivity index (χ2v) is 6.47. The number of aliphatic hydroxyl groups is 1. The fourth-order valence-corrected chi connectivity index (χ4v) is 3.46. The molecule has 0 radical (unpaired) electrons. The maximum Gasteiger partial charge on any atom is 0.321 e. The van der Waals surface area contributed by atoms with E-state index in [9.17, 15) is 4.79 Å². The third-order valence-electron chi connectivity index (χ3n) is 2.76. The first kappa shape index (κ1) is 15.9. The van der Waals surface area contributed by atoms with Crippen LogP contribution in [-0.4, -0.2) is 27.9 Å². The van der Waals surface area contributed by atoms with E-state index in [1.54, 1.807) is 11.3 Å². The van der Waals surface area contributed by atoms with Crippen molar-refractivity contribution in [3.8, 4) is 0 Å². The van der Waals surface area contributed by atoms with Crippen LogP contribution in [0.5, 0.6) is 0 Å². The minimum atomic E-state index is -0.332. The van der Waals surface area contributed by atoms with Crippen LogP contribution in [0.3, 0.4) is 0 Å². The summed E-state index contributed by atoms with van der Waals surface area (Å²) in [5, 5.41) is 26.0. The Kier molecular flexibility index (Phi) is 6.09. The third-order valence-corrected chi connectivity index (χ3v) is 4.65. The average Bonchev–Trinajstić information content (AvgIpc) is 3.10. The Hall–Kier alpha value is -1.51. The molecule has 1 atom stereocenters. The van der Waals surface area contributed by atoms with Gasteiger partial charge in [0.05, 0.1) is 6.04 Å². The first-order valence-corrected chi connectivity index (χ1v) is 8.46. The van der Waals surface area contributed by atoms with E-state index in [-0.39, 0.29) is 18.7 Å². The average molecular weight is 326 g/mol. The minimum Gasteiger partial charge on any atom is -0.396 e.